The van der Waals surface area contributed by atoms with Crippen molar-refractivity contribution in [3.05, 3.63) is 60.4 Å². The molecule has 1 N–H and O–H groups in total. The summed E-state index contributed by atoms with van der Waals surface area (Å²) in [4.78, 5) is 30.6. The summed E-state index contributed by atoms with van der Waals surface area (Å²) in [5.74, 6) is 0.753. The van der Waals surface area contributed by atoms with Gasteiger partial charge in [0.2, 0.25) is 5.91 Å². The van der Waals surface area contributed by atoms with Crippen molar-refractivity contribution >= 4 is 12.0 Å². The van der Waals surface area contributed by atoms with E-state index in [1.54, 1.807) is 12.4 Å². The lowest BCUT2D eigenvalue weighted by Crippen LogP contribution is -2.52. The Balaban J connectivity index is 1.24. The van der Waals surface area contributed by atoms with Crippen LogP contribution in [0.1, 0.15) is 31.2 Å². The SMILES string of the molecule is O=C(NCC(=O)N1C2CCC1CC(Oc1ccncc1)C2)OCc1ccccc1. The van der Waals surface area contributed by atoms with Crippen molar-refractivity contribution in [2.24, 2.45) is 0 Å². The van der Waals surface area contributed by atoms with E-state index in [4.69, 9.17) is 9.47 Å². The third-order valence-electron chi connectivity index (χ3n) is 5.53. The van der Waals surface area contributed by atoms with Gasteiger partial charge in [0.05, 0.1) is 0 Å². The molecule has 2 saturated heterocycles. The highest BCUT2D eigenvalue weighted by Crippen LogP contribution is 2.37. The number of pyridine rings is 1. The molecular formula is C22H25N3O4. The number of fused-ring (bicyclic) bond motifs is 2. The summed E-state index contributed by atoms with van der Waals surface area (Å²) in [6.07, 6.45) is 6.52. The summed E-state index contributed by atoms with van der Waals surface area (Å²) in [7, 11) is 0. The van der Waals surface area contributed by atoms with Gasteiger partial charge in [0, 0.05) is 37.3 Å². The summed E-state index contributed by atoms with van der Waals surface area (Å²) in [6, 6.07) is 13.5. The van der Waals surface area contributed by atoms with E-state index < -0.39 is 6.09 Å². The average molecular weight is 395 g/mol. The van der Waals surface area contributed by atoms with E-state index in [0.717, 1.165) is 37.0 Å². The smallest absolute Gasteiger partial charge is 0.407 e. The number of carbonyl (C=O) groups is 2. The van der Waals surface area contributed by atoms with E-state index in [1.165, 1.54) is 0 Å². The minimum absolute atomic E-state index is 0.0451. The lowest BCUT2D eigenvalue weighted by molar-refractivity contribution is -0.136. The van der Waals surface area contributed by atoms with Crippen LogP contribution in [0.2, 0.25) is 0 Å². The van der Waals surface area contributed by atoms with Crippen LogP contribution in [-0.4, -0.2) is 46.6 Å². The van der Waals surface area contributed by atoms with Crippen LogP contribution >= 0.6 is 0 Å². The maximum absolute atomic E-state index is 12.7. The lowest BCUT2D eigenvalue weighted by atomic mass is 9.99. The van der Waals surface area contributed by atoms with E-state index in [1.807, 2.05) is 47.4 Å². The van der Waals surface area contributed by atoms with E-state index in [0.29, 0.717) is 0 Å². The first-order chi connectivity index (χ1) is 14.2. The summed E-state index contributed by atoms with van der Waals surface area (Å²) in [5.41, 5.74) is 0.906. The minimum atomic E-state index is -0.578. The van der Waals surface area contributed by atoms with Gasteiger partial charge in [-0.25, -0.2) is 4.79 Å². The number of hydrogen-bond acceptors (Lipinski definition) is 5. The molecule has 0 aliphatic carbocycles. The van der Waals surface area contributed by atoms with Gasteiger partial charge in [-0.1, -0.05) is 30.3 Å². The Morgan fingerprint density at radius 1 is 1.03 bits per heavy atom. The molecule has 1 aromatic heterocycles. The molecule has 152 valence electrons. The number of alkyl carbamates (subject to hydrolysis) is 1. The Bertz CT molecular complexity index is 816. The molecule has 2 unspecified atom stereocenters. The first-order valence-corrected chi connectivity index (χ1v) is 10.0. The first kappa shape index (κ1) is 19.2. The summed E-state index contributed by atoms with van der Waals surface area (Å²) in [6.45, 7) is 0.139. The Kier molecular flexibility index (Phi) is 5.93. The summed E-state index contributed by atoms with van der Waals surface area (Å²) in [5, 5.41) is 2.58. The number of ether oxygens (including phenoxy) is 2. The summed E-state index contributed by atoms with van der Waals surface area (Å²) >= 11 is 0. The standard InChI is InChI=1S/C22H25N3O4/c26-21(14-24-22(27)28-15-16-4-2-1-3-5-16)25-17-6-7-18(25)13-20(12-17)29-19-8-10-23-11-9-19/h1-5,8-11,17-18,20H,6-7,12-15H2,(H,24,27). The molecule has 7 heteroatoms. The molecule has 29 heavy (non-hydrogen) atoms. The van der Waals surface area contributed by atoms with Crippen molar-refractivity contribution < 1.29 is 19.1 Å². The van der Waals surface area contributed by atoms with Crippen molar-refractivity contribution in [3.63, 3.8) is 0 Å². The fourth-order valence-electron chi connectivity index (χ4n) is 4.25. The number of amides is 2. The van der Waals surface area contributed by atoms with Gasteiger partial charge in [0.15, 0.2) is 0 Å². The topological polar surface area (TPSA) is 80.8 Å². The van der Waals surface area contributed by atoms with Crippen LogP contribution in [-0.2, 0) is 16.1 Å². The van der Waals surface area contributed by atoms with Crippen LogP contribution in [0.4, 0.5) is 4.79 Å². The van der Waals surface area contributed by atoms with Crippen molar-refractivity contribution in [2.45, 2.75) is 50.5 Å². The third kappa shape index (κ3) is 4.85. The number of benzene rings is 1. The molecule has 2 aliphatic heterocycles. The molecule has 2 bridgehead atoms. The number of carbonyl (C=O) groups excluding carboxylic acids is 2. The first-order valence-electron chi connectivity index (χ1n) is 10.0. The Morgan fingerprint density at radius 3 is 2.41 bits per heavy atom. The predicted molar refractivity (Wildman–Crippen MR) is 106 cm³/mol. The van der Waals surface area contributed by atoms with Gasteiger partial charge < -0.3 is 19.7 Å². The normalized spacial score (nSPS) is 22.8. The van der Waals surface area contributed by atoms with Crippen LogP contribution in [0.3, 0.4) is 0 Å². The number of aromatic nitrogens is 1. The maximum atomic E-state index is 12.7. The molecule has 3 heterocycles. The quantitative estimate of drug-likeness (QED) is 0.813. The number of hydrogen-bond donors (Lipinski definition) is 1. The number of nitrogens with one attached hydrogen (secondary N) is 1. The molecule has 0 saturated carbocycles. The number of nitrogens with zero attached hydrogens (tertiary/aromatic N) is 2. The highest BCUT2D eigenvalue weighted by atomic mass is 16.5. The van der Waals surface area contributed by atoms with E-state index >= 15 is 0 Å². The van der Waals surface area contributed by atoms with Crippen LogP contribution in [0.15, 0.2) is 54.9 Å². The Labute approximate surface area is 170 Å². The molecule has 1 aromatic carbocycles. The number of rotatable bonds is 6. The van der Waals surface area contributed by atoms with Gasteiger partial charge >= 0.3 is 6.09 Å². The van der Waals surface area contributed by atoms with Crippen LogP contribution in [0.5, 0.6) is 5.75 Å². The monoisotopic (exact) mass is 395 g/mol. The Morgan fingerprint density at radius 2 is 1.72 bits per heavy atom. The zero-order valence-electron chi connectivity index (χ0n) is 16.2. The van der Waals surface area contributed by atoms with Gasteiger partial charge in [-0.3, -0.25) is 9.78 Å². The van der Waals surface area contributed by atoms with E-state index in [-0.39, 0.29) is 37.2 Å². The molecule has 2 amide bonds. The maximum Gasteiger partial charge on any atom is 0.407 e. The zero-order valence-corrected chi connectivity index (χ0v) is 16.2. The Hall–Kier alpha value is -3.09. The van der Waals surface area contributed by atoms with Crippen molar-refractivity contribution in [1.82, 2.24) is 15.2 Å². The van der Waals surface area contributed by atoms with Gasteiger partial charge in [-0.15, -0.1) is 0 Å². The van der Waals surface area contributed by atoms with Gasteiger partial charge in [-0.05, 0) is 30.5 Å². The largest absolute Gasteiger partial charge is 0.490 e. The van der Waals surface area contributed by atoms with E-state index in [2.05, 4.69) is 10.3 Å². The average Bonchev–Trinajstić information content (AvgIpc) is 3.02. The lowest BCUT2D eigenvalue weighted by Gasteiger charge is -2.39. The van der Waals surface area contributed by atoms with Gasteiger partial charge in [0.1, 0.15) is 25.0 Å². The van der Waals surface area contributed by atoms with Gasteiger partial charge in [0.25, 0.3) is 0 Å². The molecule has 2 aromatic rings. The van der Waals surface area contributed by atoms with E-state index in [9.17, 15) is 9.59 Å². The molecule has 2 fully saturated rings. The molecule has 2 atom stereocenters. The molecule has 4 rings (SSSR count). The highest BCUT2D eigenvalue weighted by Gasteiger charge is 2.43. The second kappa shape index (κ2) is 8.94. The molecule has 2 aliphatic rings. The second-order valence-electron chi connectivity index (χ2n) is 7.50. The molecule has 7 nitrogen and oxygen atoms in total. The molecule has 0 spiro atoms. The minimum Gasteiger partial charge on any atom is -0.490 e. The fourth-order valence-corrected chi connectivity index (χ4v) is 4.25. The fraction of sp³-hybridized carbons (Fsp3) is 0.409. The molecular weight excluding hydrogens is 370 g/mol. The van der Waals surface area contributed by atoms with Crippen molar-refractivity contribution in [3.8, 4) is 5.75 Å². The number of piperidine rings is 1. The van der Waals surface area contributed by atoms with Crippen LogP contribution in [0.25, 0.3) is 0 Å². The highest BCUT2D eigenvalue weighted by molar-refractivity contribution is 5.83. The third-order valence-corrected chi connectivity index (χ3v) is 5.53. The summed E-state index contributed by atoms with van der Waals surface area (Å²) < 4.78 is 11.2. The molecule has 0 radical (unpaired) electrons. The van der Waals surface area contributed by atoms with Crippen molar-refractivity contribution in [1.29, 1.82) is 0 Å². The predicted octanol–water partition coefficient (Wildman–Crippen LogP) is 2.91. The van der Waals surface area contributed by atoms with Crippen LogP contribution < -0.4 is 10.1 Å². The second-order valence-corrected chi connectivity index (χ2v) is 7.50. The van der Waals surface area contributed by atoms with Gasteiger partial charge in [-0.2, -0.15) is 0 Å². The zero-order chi connectivity index (χ0) is 20.1. The van der Waals surface area contributed by atoms with Crippen LogP contribution in [0, 0.1) is 0 Å². The van der Waals surface area contributed by atoms with Crippen molar-refractivity contribution in [2.75, 3.05) is 6.54 Å².